The van der Waals surface area contributed by atoms with Crippen molar-refractivity contribution < 1.29 is 9.53 Å². The highest BCUT2D eigenvalue weighted by Crippen LogP contribution is 2.30. The average Bonchev–Trinajstić information content (AvgIpc) is 2.92. The van der Waals surface area contributed by atoms with E-state index in [1.165, 1.54) is 17.5 Å². The number of para-hydroxylation sites is 1. The van der Waals surface area contributed by atoms with Crippen molar-refractivity contribution in [3.05, 3.63) is 48.5 Å². The number of hydrogen-bond acceptors (Lipinski definition) is 4. The van der Waals surface area contributed by atoms with Crippen molar-refractivity contribution in [1.82, 2.24) is 9.88 Å². The van der Waals surface area contributed by atoms with Gasteiger partial charge in [0.05, 0.1) is 10.2 Å². The molecule has 0 saturated carbocycles. The summed E-state index contributed by atoms with van der Waals surface area (Å²) in [6, 6.07) is 16.0. The zero-order chi connectivity index (χ0) is 17.8. The number of nitrogens with zero attached hydrogens (tertiary/aromatic N) is 2. The van der Waals surface area contributed by atoms with E-state index in [-0.39, 0.29) is 12.5 Å². The SMILES string of the molecule is O=C(COc1ccc(-c2nc3ccccc3s2)cc1)N1CCCCCC1. The number of aromatic nitrogens is 1. The van der Waals surface area contributed by atoms with Crippen molar-refractivity contribution in [2.45, 2.75) is 25.7 Å². The number of likely N-dealkylation sites (tertiary alicyclic amines) is 1. The van der Waals surface area contributed by atoms with Gasteiger partial charge in [-0.2, -0.15) is 0 Å². The van der Waals surface area contributed by atoms with E-state index < -0.39 is 0 Å². The normalized spacial score (nSPS) is 15.0. The smallest absolute Gasteiger partial charge is 0.260 e. The molecule has 0 atom stereocenters. The number of thiazole rings is 1. The molecule has 26 heavy (non-hydrogen) atoms. The molecule has 1 saturated heterocycles. The number of ether oxygens (including phenoxy) is 1. The van der Waals surface area contributed by atoms with Gasteiger partial charge in [-0.05, 0) is 49.2 Å². The molecule has 0 unspecified atom stereocenters. The largest absolute Gasteiger partial charge is 0.484 e. The second kappa shape index (κ2) is 7.87. The number of fused-ring (bicyclic) bond motifs is 1. The third-order valence-corrected chi connectivity index (χ3v) is 5.80. The quantitative estimate of drug-likeness (QED) is 0.669. The summed E-state index contributed by atoms with van der Waals surface area (Å²) >= 11 is 1.68. The Balaban J connectivity index is 1.39. The maximum Gasteiger partial charge on any atom is 0.260 e. The van der Waals surface area contributed by atoms with Crippen molar-refractivity contribution in [3.63, 3.8) is 0 Å². The van der Waals surface area contributed by atoms with Crippen LogP contribution in [-0.4, -0.2) is 35.5 Å². The van der Waals surface area contributed by atoms with Crippen molar-refractivity contribution in [2.24, 2.45) is 0 Å². The second-order valence-corrected chi connectivity index (χ2v) is 7.63. The lowest BCUT2D eigenvalue weighted by molar-refractivity contribution is -0.133. The van der Waals surface area contributed by atoms with E-state index >= 15 is 0 Å². The maximum atomic E-state index is 12.3. The molecule has 5 heteroatoms. The average molecular weight is 366 g/mol. The van der Waals surface area contributed by atoms with Crippen LogP contribution in [0.25, 0.3) is 20.8 Å². The Labute approximate surface area is 157 Å². The fraction of sp³-hybridized carbons (Fsp3) is 0.333. The lowest BCUT2D eigenvalue weighted by Crippen LogP contribution is -2.35. The molecule has 0 spiro atoms. The summed E-state index contributed by atoms with van der Waals surface area (Å²) in [6.45, 7) is 1.83. The molecule has 1 fully saturated rings. The molecule has 134 valence electrons. The predicted molar refractivity (Wildman–Crippen MR) is 106 cm³/mol. The summed E-state index contributed by atoms with van der Waals surface area (Å²) in [5.74, 6) is 0.806. The van der Waals surface area contributed by atoms with Crippen LogP contribution >= 0.6 is 11.3 Å². The summed E-state index contributed by atoms with van der Waals surface area (Å²) in [6.07, 6.45) is 4.64. The van der Waals surface area contributed by atoms with Gasteiger partial charge in [-0.3, -0.25) is 4.79 Å². The first-order chi connectivity index (χ1) is 12.8. The van der Waals surface area contributed by atoms with Crippen molar-refractivity contribution in [3.8, 4) is 16.3 Å². The van der Waals surface area contributed by atoms with Crippen LogP contribution < -0.4 is 4.74 Å². The fourth-order valence-electron chi connectivity index (χ4n) is 3.25. The second-order valence-electron chi connectivity index (χ2n) is 6.59. The lowest BCUT2D eigenvalue weighted by Gasteiger charge is -2.20. The van der Waals surface area contributed by atoms with Crippen LogP contribution in [0, 0.1) is 0 Å². The van der Waals surface area contributed by atoms with Crippen LogP contribution in [0.15, 0.2) is 48.5 Å². The Morgan fingerprint density at radius 1 is 1.00 bits per heavy atom. The number of benzene rings is 2. The van der Waals surface area contributed by atoms with Gasteiger partial charge >= 0.3 is 0 Å². The lowest BCUT2D eigenvalue weighted by atomic mass is 10.2. The van der Waals surface area contributed by atoms with E-state index in [1.807, 2.05) is 47.4 Å². The zero-order valence-electron chi connectivity index (χ0n) is 14.7. The van der Waals surface area contributed by atoms with Gasteiger partial charge in [-0.1, -0.05) is 25.0 Å². The molecule has 3 aromatic rings. The molecule has 0 radical (unpaired) electrons. The van der Waals surface area contributed by atoms with E-state index in [0.29, 0.717) is 0 Å². The number of rotatable bonds is 4. The molecule has 0 bridgehead atoms. The summed E-state index contributed by atoms with van der Waals surface area (Å²) < 4.78 is 6.89. The van der Waals surface area contributed by atoms with Gasteiger partial charge in [0.15, 0.2) is 6.61 Å². The third kappa shape index (κ3) is 3.88. The minimum Gasteiger partial charge on any atom is -0.484 e. The van der Waals surface area contributed by atoms with Crippen molar-refractivity contribution >= 4 is 27.5 Å². The van der Waals surface area contributed by atoms with E-state index in [0.717, 1.165) is 47.8 Å². The third-order valence-electron chi connectivity index (χ3n) is 4.72. The Kier molecular flexibility index (Phi) is 5.16. The summed E-state index contributed by atoms with van der Waals surface area (Å²) in [4.78, 5) is 18.9. The standard InChI is InChI=1S/C21H22N2O2S/c24-20(23-13-5-1-2-6-14-23)15-25-17-11-9-16(10-12-17)21-22-18-7-3-4-8-19(18)26-21/h3-4,7-12H,1-2,5-6,13-15H2. The van der Waals surface area contributed by atoms with E-state index in [2.05, 4.69) is 11.1 Å². The zero-order valence-corrected chi connectivity index (χ0v) is 15.5. The van der Waals surface area contributed by atoms with Gasteiger partial charge in [0.2, 0.25) is 0 Å². The van der Waals surface area contributed by atoms with Gasteiger partial charge in [0.1, 0.15) is 10.8 Å². The molecule has 0 aliphatic carbocycles. The minimum atomic E-state index is 0.0853. The highest BCUT2D eigenvalue weighted by Gasteiger charge is 2.16. The Morgan fingerprint density at radius 3 is 2.46 bits per heavy atom. The minimum absolute atomic E-state index is 0.0853. The first kappa shape index (κ1) is 17.0. The van der Waals surface area contributed by atoms with E-state index in [9.17, 15) is 4.79 Å². The van der Waals surface area contributed by atoms with Crippen LogP contribution in [0.4, 0.5) is 0 Å². The Bertz CT molecular complexity index is 847. The van der Waals surface area contributed by atoms with Crippen molar-refractivity contribution in [1.29, 1.82) is 0 Å². The monoisotopic (exact) mass is 366 g/mol. The first-order valence-electron chi connectivity index (χ1n) is 9.16. The number of hydrogen-bond donors (Lipinski definition) is 0. The molecular formula is C21H22N2O2S. The van der Waals surface area contributed by atoms with Gasteiger partial charge < -0.3 is 9.64 Å². The molecule has 1 amide bonds. The molecule has 4 rings (SSSR count). The molecular weight excluding hydrogens is 344 g/mol. The number of carbonyl (C=O) groups excluding carboxylic acids is 1. The van der Waals surface area contributed by atoms with Crippen LogP contribution in [0.1, 0.15) is 25.7 Å². The van der Waals surface area contributed by atoms with Gasteiger partial charge in [-0.25, -0.2) is 4.98 Å². The number of carbonyl (C=O) groups is 1. The van der Waals surface area contributed by atoms with Gasteiger partial charge in [-0.15, -0.1) is 11.3 Å². The van der Waals surface area contributed by atoms with E-state index in [1.54, 1.807) is 11.3 Å². The Morgan fingerprint density at radius 2 is 1.73 bits per heavy atom. The summed E-state index contributed by atoms with van der Waals surface area (Å²) in [5.41, 5.74) is 2.09. The molecule has 1 aliphatic rings. The van der Waals surface area contributed by atoms with Crippen LogP contribution in [0.3, 0.4) is 0 Å². The number of amides is 1. The molecule has 0 N–H and O–H groups in total. The van der Waals surface area contributed by atoms with Crippen LogP contribution in [0.5, 0.6) is 5.75 Å². The molecule has 2 aromatic carbocycles. The van der Waals surface area contributed by atoms with Crippen LogP contribution in [-0.2, 0) is 4.79 Å². The predicted octanol–water partition coefficient (Wildman–Crippen LogP) is 4.74. The summed E-state index contributed by atoms with van der Waals surface area (Å²) in [7, 11) is 0. The van der Waals surface area contributed by atoms with Crippen molar-refractivity contribution in [2.75, 3.05) is 19.7 Å². The first-order valence-corrected chi connectivity index (χ1v) is 9.98. The van der Waals surface area contributed by atoms with Gasteiger partial charge in [0.25, 0.3) is 5.91 Å². The topological polar surface area (TPSA) is 42.4 Å². The highest BCUT2D eigenvalue weighted by molar-refractivity contribution is 7.21. The Hall–Kier alpha value is -2.40. The maximum absolute atomic E-state index is 12.3. The summed E-state index contributed by atoms with van der Waals surface area (Å²) in [5, 5.41) is 0.999. The fourth-order valence-corrected chi connectivity index (χ4v) is 4.22. The van der Waals surface area contributed by atoms with Crippen LogP contribution in [0.2, 0.25) is 0 Å². The highest BCUT2D eigenvalue weighted by atomic mass is 32.1. The molecule has 4 nitrogen and oxygen atoms in total. The molecule has 1 aliphatic heterocycles. The van der Waals surface area contributed by atoms with Gasteiger partial charge in [0, 0.05) is 18.7 Å². The van der Waals surface area contributed by atoms with E-state index in [4.69, 9.17) is 4.74 Å². The molecule has 1 aromatic heterocycles. The molecule has 2 heterocycles.